The molecule has 0 amide bonds. The van der Waals surface area contributed by atoms with E-state index >= 15 is 0 Å². The first-order valence-corrected chi connectivity index (χ1v) is 52.0. The largest absolute Gasteiger partial charge is 4.00 e. The Morgan fingerprint density at radius 1 is 0.216 bits per heavy atom. The number of nitrogens with zero attached hydrogens (tertiary/aromatic N) is 8. The zero-order valence-corrected chi connectivity index (χ0v) is 87.7. The minimum absolute atomic E-state index is 0. The summed E-state index contributed by atoms with van der Waals surface area (Å²) in [4.78, 5) is 39.1. The van der Waals surface area contributed by atoms with Crippen molar-refractivity contribution in [3.8, 4) is 0 Å². The Bertz CT molecular complexity index is 1720. The van der Waals surface area contributed by atoms with E-state index in [1.165, 1.54) is 11.1 Å². The minimum Gasteiger partial charge on any atom is -2.00 e. The third-order valence-corrected chi connectivity index (χ3v) is 61.3. The summed E-state index contributed by atoms with van der Waals surface area (Å²) in [7, 11) is -10.4. The molecule has 0 aliphatic heterocycles. The van der Waals surface area contributed by atoms with Crippen molar-refractivity contribution < 1.29 is 62.2 Å². The van der Waals surface area contributed by atoms with Crippen LogP contribution in [0.4, 0.5) is 0 Å². The van der Waals surface area contributed by atoms with Crippen LogP contribution in [0.1, 0.15) is 260 Å². The summed E-state index contributed by atoms with van der Waals surface area (Å²) in [6, 6.07) is 20.5. The van der Waals surface area contributed by atoms with Gasteiger partial charge in [0, 0.05) is 0 Å². The van der Waals surface area contributed by atoms with Gasteiger partial charge >= 0.3 is 62.2 Å². The molecule has 0 aromatic heterocycles. The average Bonchev–Trinajstić information content (AvgIpc) is 0.859. The first-order valence-electron chi connectivity index (χ1n) is 38.9. The van der Waals surface area contributed by atoms with Crippen LogP contribution in [0, 0.1) is 76.1 Å². The van der Waals surface area contributed by atoms with Gasteiger partial charge in [-0.25, -0.2) is 0 Å². The maximum absolute atomic E-state index is 5.63. The number of hydrogen-bond donors (Lipinski definition) is 0. The van der Waals surface area contributed by atoms with Crippen molar-refractivity contribution in [1.82, 2.24) is 9.80 Å². The van der Waals surface area contributed by atoms with E-state index in [1.807, 2.05) is 36.4 Å². The van der Waals surface area contributed by atoms with Gasteiger partial charge in [-0.3, -0.25) is 0 Å². The minimum atomic E-state index is -1.74. The number of rotatable bonds is 42. The quantitative estimate of drug-likeness (QED) is 0.0620. The SMILES string of the molecule is CC(C)[Si]([N-]CCN(CC[N-][Si](C(C)C)(C(C)C)C(C)C)CC[N-][Si](C(C)C)(C(C)C)C(C)C)(C(C)C)C(C)C.CC(C)[Si]([N-]CCN(CC[N-][Si](C(C)C)(C(C)C)C(C)C)CC[N-][Si](C(C)C)(C(C)C)C(C)C)(C(C)C)C(C)C.Cc1ccccc1.Cc1ccccc1.[Se-2].[U+4].[U+4]. The Balaban J connectivity index is -0.000000467. The predicted octanol–water partition coefficient (Wildman–Crippen LogP) is 27.5. The van der Waals surface area contributed by atoms with Crippen LogP contribution >= 0.6 is 0 Å². The molecular formula is C80H166N8SeSi6U2. The number of aryl methyl sites for hydroxylation is 2. The zero-order chi connectivity index (χ0) is 73.5. The second-order valence-corrected chi connectivity index (χ2v) is 67.7. The molecular weight excluding hydrogens is 1800 g/mol. The summed E-state index contributed by atoms with van der Waals surface area (Å²) in [5.41, 5.74) is 14.8. The van der Waals surface area contributed by atoms with Crippen LogP contribution in [-0.4, -0.2) is 155 Å². The fraction of sp³-hybridized carbons (Fsp3) is 0.850. The van der Waals surface area contributed by atoms with E-state index in [0.29, 0.717) is 99.7 Å². The molecule has 0 atom stereocenters. The molecule has 564 valence electrons. The molecule has 0 spiro atoms. The molecule has 0 bridgehead atoms. The monoisotopic (exact) mass is 1960 g/mol. The van der Waals surface area contributed by atoms with Crippen LogP contribution in [0.2, 0.25) is 99.7 Å². The fourth-order valence-electron chi connectivity index (χ4n) is 19.3. The number of hydrogen-bond acceptors (Lipinski definition) is 2. The Morgan fingerprint density at radius 2 is 0.320 bits per heavy atom. The van der Waals surface area contributed by atoms with Crippen LogP contribution < -0.4 is 0 Å². The van der Waals surface area contributed by atoms with Gasteiger partial charge in [-0.2, -0.15) is 0 Å². The van der Waals surface area contributed by atoms with Crippen molar-refractivity contribution in [2.75, 3.05) is 78.5 Å². The third-order valence-electron chi connectivity index (χ3n) is 23.3. The summed E-state index contributed by atoms with van der Waals surface area (Å²) in [6.45, 7) is 103. The van der Waals surface area contributed by atoms with Gasteiger partial charge in [-0.05, 0) is 103 Å². The molecule has 97 heavy (non-hydrogen) atoms. The molecule has 0 unspecified atom stereocenters. The summed E-state index contributed by atoms with van der Waals surface area (Å²) in [6.07, 6.45) is 0. The molecule has 2 aromatic rings. The Kier molecular flexibility index (Phi) is 58.8. The van der Waals surface area contributed by atoms with Crippen molar-refractivity contribution in [3.05, 3.63) is 102 Å². The Labute approximate surface area is 674 Å². The topological polar surface area (TPSA) is 91.1 Å². The third kappa shape index (κ3) is 32.0. The van der Waals surface area contributed by atoms with Crippen molar-refractivity contribution in [1.29, 1.82) is 0 Å². The fourth-order valence-corrected chi connectivity index (χ4v) is 52.8. The number of benzene rings is 2. The maximum Gasteiger partial charge on any atom is 4.00 e. The van der Waals surface area contributed by atoms with Gasteiger partial charge in [-0.1, -0.05) is 421 Å². The Hall–Kier alpha value is 2.04. The zero-order valence-electron chi connectivity index (χ0n) is 71.6. The first-order chi connectivity index (χ1) is 43.3. The van der Waals surface area contributed by atoms with Crippen LogP contribution in [-0.2, 0) is 0 Å². The molecule has 2 aromatic carbocycles. The van der Waals surface area contributed by atoms with Crippen molar-refractivity contribution in [2.24, 2.45) is 0 Å². The molecule has 0 N–H and O–H groups in total. The van der Waals surface area contributed by atoms with Gasteiger partial charge in [0.05, 0.1) is 0 Å². The van der Waals surface area contributed by atoms with Crippen molar-refractivity contribution >= 4 is 66.5 Å². The van der Waals surface area contributed by atoms with Crippen molar-refractivity contribution in [3.63, 3.8) is 0 Å². The molecule has 0 saturated heterocycles. The van der Waals surface area contributed by atoms with Crippen LogP contribution in [0.15, 0.2) is 60.7 Å². The normalized spacial score (nSPS) is 13.1. The smallest absolute Gasteiger partial charge is 2.00 e. The van der Waals surface area contributed by atoms with Gasteiger partial charge in [-0.15, -0.1) is 39.3 Å². The van der Waals surface area contributed by atoms with E-state index in [2.05, 4.69) is 297 Å². The standard InChI is InChI=1S/2C33H75N4Si3.2C7H8.Se.2U/c2*1-25(2)38(26(3)4,27(5)6)34-19-22-37(23-20-35-39(28(7)8,29(9)10)30(11)12)24-21-36-40(31(13)14,32(15)16)33(17)18;2*1-7-5-3-2-4-6-7;;;/h2*25-33H,19-24H2,1-18H3;2*2-6H,1H3;;;/q2*-3;;;-2;2*+4. The van der Waals surface area contributed by atoms with Gasteiger partial charge < -0.3 is 56.8 Å². The van der Waals surface area contributed by atoms with Crippen LogP contribution in [0.5, 0.6) is 0 Å². The summed E-state index contributed by atoms with van der Waals surface area (Å²) in [5, 5.41) is 0. The van der Waals surface area contributed by atoms with Gasteiger partial charge in [0.1, 0.15) is 0 Å². The van der Waals surface area contributed by atoms with Gasteiger partial charge in [0.2, 0.25) is 0 Å². The molecule has 0 saturated carbocycles. The van der Waals surface area contributed by atoms with Crippen LogP contribution in [0.25, 0.3) is 29.9 Å². The second kappa shape index (κ2) is 53.0. The van der Waals surface area contributed by atoms with Crippen LogP contribution in [0.3, 0.4) is 0 Å². The molecule has 8 nitrogen and oxygen atoms in total. The van der Waals surface area contributed by atoms with Gasteiger partial charge in [0.15, 0.2) is 0 Å². The summed E-state index contributed by atoms with van der Waals surface area (Å²) >= 11 is 0. The summed E-state index contributed by atoms with van der Waals surface area (Å²) < 4.78 is 0. The maximum atomic E-state index is 5.63. The second-order valence-electron chi connectivity index (χ2n) is 34.4. The van der Waals surface area contributed by atoms with E-state index in [-0.39, 0.29) is 79.3 Å². The van der Waals surface area contributed by atoms with E-state index < -0.39 is 49.4 Å². The summed E-state index contributed by atoms with van der Waals surface area (Å²) in [5.74, 6) is 0. The molecule has 0 aliphatic rings. The Morgan fingerprint density at radius 3 is 0.392 bits per heavy atom. The molecule has 17 heteroatoms. The van der Waals surface area contributed by atoms with E-state index in [1.54, 1.807) is 0 Å². The molecule has 0 radical (unpaired) electrons. The van der Waals surface area contributed by atoms with E-state index in [4.69, 9.17) is 29.9 Å². The average molecular weight is 1960 g/mol. The first kappa shape index (κ1) is 108. The molecule has 2 rings (SSSR count). The molecule has 0 aliphatic carbocycles. The van der Waals surface area contributed by atoms with E-state index in [0.717, 1.165) is 78.5 Å². The van der Waals surface area contributed by atoms with E-state index in [9.17, 15) is 0 Å². The van der Waals surface area contributed by atoms with Crippen molar-refractivity contribution in [2.45, 2.75) is 363 Å². The predicted molar refractivity (Wildman–Crippen MR) is 457 cm³/mol. The van der Waals surface area contributed by atoms with Gasteiger partial charge in [0.25, 0.3) is 0 Å². The molecule has 0 heterocycles. The molecule has 0 fully saturated rings.